The van der Waals surface area contributed by atoms with E-state index in [1.165, 1.54) is 6.42 Å². The molecule has 3 N–H and O–H groups in total. The molecule has 0 spiro atoms. The van der Waals surface area contributed by atoms with Crippen LogP contribution in [0.25, 0.3) is 11.5 Å². The Bertz CT molecular complexity index is 1200. The van der Waals surface area contributed by atoms with E-state index in [1.807, 2.05) is 50.2 Å². The predicted octanol–water partition coefficient (Wildman–Crippen LogP) is 4.34. The Morgan fingerprint density at radius 2 is 1.84 bits per heavy atom. The molecule has 195 valence electrons. The summed E-state index contributed by atoms with van der Waals surface area (Å²) in [5.41, 5.74) is 6.82. The van der Waals surface area contributed by atoms with Crippen LogP contribution in [0.15, 0.2) is 59.3 Å². The molecule has 3 aromatic rings. The second-order valence-corrected chi connectivity index (χ2v) is 10.2. The van der Waals surface area contributed by atoms with Crippen LogP contribution in [-0.4, -0.2) is 33.6 Å². The van der Waals surface area contributed by atoms with E-state index in [9.17, 15) is 14.4 Å². The SMILES string of the molecule is CC(C)Cc1nc(-c2cccnc2)oc1C(=O)C(CCc1ccccc1)NC(=O)[CH]CC(C)(C)C(N)=O. The fraction of sp³-hybridized carbons (Fsp3) is 0.379. The molecule has 1 radical (unpaired) electrons. The third-order valence-electron chi connectivity index (χ3n) is 6.09. The lowest BCUT2D eigenvalue weighted by atomic mass is 9.87. The molecule has 0 aliphatic heterocycles. The van der Waals surface area contributed by atoms with Crippen molar-refractivity contribution in [1.29, 1.82) is 0 Å². The van der Waals surface area contributed by atoms with Crippen LogP contribution in [0.2, 0.25) is 0 Å². The number of primary amides is 1. The number of ketones is 1. The van der Waals surface area contributed by atoms with Gasteiger partial charge in [-0.15, -0.1) is 0 Å². The molecule has 37 heavy (non-hydrogen) atoms. The van der Waals surface area contributed by atoms with Crippen LogP contribution in [0.1, 0.15) is 62.3 Å². The average Bonchev–Trinajstić information content (AvgIpc) is 3.29. The molecule has 2 amide bonds. The number of nitrogens with one attached hydrogen (secondary N) is 1. The number of carbonyl (C=O) groups is 3. The molecular weight excluding hydrogens is 468 g/mol. The van der Waals surface area contributed by atoms with E-state index in [-0.39, 0.29) is 23.9 Å². The van der Waals surface area contributed by atoms with E-state index >= 15 is 0 Å². The molecule has 1 atom stereocenters. The Balaban J connectivity index is 1.87. The molecule has 2 aromatic heterocycles. The van der Waals surface area contributed by atoms with Crippen molar-refractivity contribution in [1.82, 2.24) is 15.3 Å². The van der Waals surface area contributed by atoms with E-state index in [0.717, 1.165) is 5.56 Å². The van der Waals surface area contributed by atoms with Gasteiger partial charge in [-0.05, 0) is 49.3 Å². The summed E-state index contributed by atoms with van der Waals surface area (Å²) in [4.78, 5) is 47.0. The van der Waals surface area contributed by atoms with Crippen molar-refractivity contribution in [3.63, 3.8) is 0 Å². The summed E-state index contributed by atoms with van der Waals surface area (Å²) in [5, 5.41) is 2.83. The molecule has 0 saturated carbocycles. The maximum atomic E-state index is 13.8. The first-order valence-electron chi connectivity index (χ1n) is 12.5. The molecule has 1 unspecified atom stereocenters. The van der Waals surface area contributed by atoms with Crippen molar-refractivity contribution in [2.45, 2.75) is 59.4 Å². The first-order chi connectivity index (χ1) is 17.6. The Hall–Kier alpha value is -3.81. The molecule has 1 aromatic carbocycles. The summed E-state index contributed by atoms with van der Waals surface area (Å²) in [5.74, 6) is -0.599. The predicted molar refractivity (Wildman–Crippen MR) is 141 cm³/mol. The summed E-state index contributed by atoms with van der Waals surface area (Å²) in [6, 6.07) is 12.5. The van der Waals surface area contributed by atoms with Crippen molar-refractivity contribution < 1.29 is 18.8 Å². The highest BCUT2D eigenvalue weighted by atomic mass is 16.4. The van der Waals surface area contributed by atoms with E-state index in [2.05, 4.69) is 15.3 Å². The van der Waals surface area contributed by atoms with Gasteiger partial charge in [0, 0.05) is 17.8 Å². The lowest BCUT2D eigenvalue weighted by Crippen LogP contribution is -2.42. The summed E-state index contributed by atoms with van der Waals surface area (Å²) < 4.78 is 6.00. The number of nitrogens with two attached hydrogens (primary N) is 1. The fourth-order valence-corrected chi connectivity index (χ4v) is 3.74. The smallest absolute Gasteiger partial charge is 0.228 e. The summed E-state index contributed by atoms with van der Waals surface area (Å²) in [6.07, 6.45) is 6.29. The number of hydrogen-bond acceptors (Lipinski definition) is 6. The minimum Gasteiger partial charge on any atom is -0.433 e. The molecule has 8 heteroatoms. The van der Waals surface area contributed by atoms with Gasteiger partial charge in [-0.3, -0.25) is 19.4 Å². The number of rotatable bonds is 13. The van der Waals surface area contributed by atoms with Gasteiger partial charge >= 0.3 is 0 Å². The molecular formula is C29H35N4O4. The minimum absolute atomic E-state index is 0.142. The maximum Gasteiger partial charge on any atom is 0.228 e. The molecule has 0 aliphatic carbocycles. The fourth-order valence-electron chi connectivity index (χ4n) is 3.74. The first kappa shape index (κ1) is 27.8. The highest BCUT2D eigenvalue weighted by Crippen LogP contribution is 2.26. The number of carbonyl (C=O) groups excluding carboxylic acids is 3. The van der Waals surface area contributed by atoms with Gasteiger partial charge in [0.2, 0.25) is 23.5 Å². The molecule has 0 saturated heterocycles. The number of hydrogen-bond donors (Lipinski definition) is 2. The highest BCUT2D eigenvalue weighted by Gasteiger charge is 2.31. The molecule has 0 aliphatic rings. The monoisotopic (exact) mass is 503 g/mol. The summed E-state index contributed by atoms with van der Waals surface area (Å²) in [7, 11) is 0. The van der Waals surface area contributed by atoms with Gasteiger partial charge in [-0.25, -0.2) is 4.98 Å². The first-order valence-corrected chi connectivity index (χ1v) is 12.5. The molecule has 0 bridgehead atoms. The third-order valence-corrected chi connectivity index (χ3v) is 6.09. The average molecular weight is 504 g/mol. The second kappa shape index (κ2) is 12.4. The number of benzene rings is 1. The van der Waals surface area contributed by atoms with E-state index < -0.39 is 23.3 Å². The van der Waals surface area contributed by atoms with Crippen LogP contribution in [-0.2, 0) is 22.4 Å². The second-order valence-electron chi connectivity index (χ2n) is 10.2. The third kappa shape index (κ3) is 7.84. The highest BCUT2D eigenvalue weighted by molar-refractivity contribution is 6.01. The Morgan fingerprint density at radius 1 is 1.11 bits per heavy atom. The number of nitrogens with zero attached hydrogens (tertiary/aromatic N) is 2. The van der Waals surface area contributed by atoms with Gasteiger partial charge in [0.25, 0.3) is 0 Å². The molecule has 8 nitrogen and oxygen atoms in total. The van der Waals surface area contributed by atoms with Crippen molar-refractivity contribution in [3.05, 3.63) is 78.3 Å². The van der Waals surface area contributed by atoms with E-state index in [4.69, 9.17) is 10.2 Å². The summed E-state index contributed by atoms with van der Waals surface area (Å²) in [6.45, 7) is 7.42. The van der Waals surface area contributed by atoms with E-state index in [1.54, 1.807) is 32.3 Å². The number of Topliss-reactive ketones (excluding diaryl/α,β-unsaturated/α-hetero) is 1. The van der Waals surface area contributed by atoms with Crippen LogP contribution in [0.3, 0.4) is 0 Å². The standard InChI is InChI=1S/C29H35N4O4/c1-19(2)17-23-26(37-27(33-23)21-11-8-16-31-18-21)25(35)22(13-12-20-9-6-5-7-10-20)32-24(34)14-15-29(3,4)28(30)36/h5-11,14,16,18-19,22H,12-13,15,17H2,1-4H3,(H2,30,36)(H,32,34). The van der Waals surface area contributed by atoms with Crippen molar-refractivity contribution in [2.75, 3.05) is 0 Å². The van der Waals surface area contributed by atoms with Crippen molar-refractivity contribution in [3.8, 4) is 11.5 Å². The number of aryl methyl sites for hydroxylation is 1. The Labute approximate surface area is 218 Å². The number of aromatic nitrogens is 2. The molecule has 2 heterocycles. The Kier molecular flexibility index (Phi) is 9.33. The van der Waals surface area contributed by atoms with Crippen molar-refractivity contribution in [2.24, 2.45) is 17.1 Å². The zero-order valence-electron chi connectivity index (χ0n) is 21.9. The maximum absolute atomic E-state index is 13.8. The number of oxazole rings is 1. The number of pyridine rings is 1. The minimum atomic E-state index is -0.880. The quantitative estimate of drug-likeness (QED) is 0.334. The summed E-state index contributed by atoms with van der Waals surface area (Å²) >= 11 is 0. The van der Waals surface area contributed by atoms with Crippen molar-refractivity contribution >= 4 is 17.6 Å². The van der Waals surface area contributed by atoms with Crippen LogP contribution in [0.4, 0.5) is 0 Å². The normalized spacial score (nSPS) is 12.4. The van der Waals surface area contributed by atoms with Crippen LogP contribution >= 0.6 is 0 Å². The van der Waals surface area contributed by atoms with Crippen LogP contribution < -0.4 is 11.1 Å². The molecule has 3 rings (SSSR count). The number of amides is 2. The van der Waals surface area contributed by atoms with Crippen LogP contribution in [0, 0.1) is 17.8 Å². The van der Waals surface area contributed by atoms with Gasteiger partial charge in [-0.2, -0.15) is 0 Å². The van der Waals surface area contributed by atoms with Gasteiger partial charge in [0.05, 0.1) is 23.7 Å². The molecule has 0 fully saturated rings. The van der Waals surface area contributed by atoms with Gasteiger partial charge in [0.15, 0.2) is 5.76 Å². The lowest BCUT2D eigenvalue weighted by molar-refractivity contribution is -0.126. The van der Waals surface area contributed by atoms with E-state index in [0.29, 0.717) is 36.4 Å². The zero-order valence-corrected chi connectivity index (χ0v) is 21.9. The van der Waals surface area contributed by atoms with Gasteiger partial charge in [-0.1, -0.05) is 58.0 Å². The van der Waals surface area contributed by atoms with Crippen LogP contribution in [0.5, 0.6) is 0 Å². The van der Waals surface area contributed by atoms with Gasteiger partial charge in [0.1, 0.15) is 0 Å². The van der Waals surface area contributed by atoms with Gasteiger partial charge < -0.3 is 15.5 Å². The Morgan fingerprint density at radius 3 is 2.46 bits per heavy atom. The largest absolute Gasteiger partial charge is 0.433 e. The lowest BCUT2D eigenvalue weighted by Gasteiger charge is -2.21. The topological polar surface area (TPSA) is 128 Å². The zero-order chi connectivity index (χ0) is 27.0.